The maximum absolute atomic E-state index is 12.4. The van der Waals surface area contributed by atoms with Gasteiger partial charge in [-0.25, -0.2) is 0 Å². The van der Waals surface area contributed by atoms with E-state index in [0.29, 0.717) is 13.1 Å². The van der Waals surface area contributed by atoms with Crippen LogP contribution in [0.3, 0.4) is 0 Å². The third-order valence-corrected chi connectivity index (χ3v) is 3.17. The van der Waals surface area contributed by atoms with Crippen molar-refractivity contribution in [2.24, 2.45) is 0 Å². The van der Waals surface area contributed by atoms with Gasteiger partial charge in [0.15, 0.2) is 0 Å². The molecule has 0 aromatic heterocycles. The van der Waals surface area contributed by atoms with Crippen LogP contribution in [0.2, 0.25) is 0 Å². The Morgan fingerprint density at radius 1 is 1.26 bits per heavy atom. The van der Waals surface area contributed by atoms with Crippen molar-refractivity contribution in [3.8, 4) is 0 Å². The summed E-state index contributed by atoms with van der Waals surface area (Å²) in [5.74, 6) is 0.0415. The van der Waals surface area contributed by atoms with Crippen molar-refractivity contribution in [2.45, 2.75) is 0 Å². The highest BCUT2D eigenvalue weighted by atomic mass is 16.2. The SMILES string of the molecule is C=CC=C(C=C)CN1CC(=C)c2ccccc2C1=O. The van der Waals surface area contributed by atoms with E-state index in [4.69, 9.17) is 0 Å². The fourth-order valence-electron chi connectivity index (χ4n) is 2.22. The number of carbonyl (C=O) groups is 1. The number of benzene rings is 1. The van der Waals surface area contributed by atoms with Crippen LogP contribution in [0.25, 0.3) is 5.57 Å². The van der Waals surface area contributed by atoms with Crippen molar-refractivity contribution in [1.82, 2.24) is 4.90 Å². The summed E-state index contributed by atoms with van der Waals surface area (Å²) in [5, 5.41) is 0. The molecule has 1 heterocycles. The number of fused-ring (bicyclic) bond motifs is 1. The molecule has 1 aromatic carbocycles. The van der Waals surface area contributed by atoms with E-state index in [2.05, 4.69) is 19.7 Å². The first-order valence-corrected chi connectivity index (χ1v) is 6.18. The lowest BCUT2D eigenvalue weighted by Crippen LogP contribution is -2.37. The number of hydrogen-bond acceptors (Lipinski definition) is 1. The minimum atomic E-state index is 0.0415. The highest BCUT2D eigenvalue weighted by Crippen LogP contribution is 2.26. The Labute approximate surface area is 114 Å². The molecule has 1 aromatic rings. The summed E-state index contributed by atoms with van der Waals surface area (Å²) in [4.78, 5) is 14.2. The first kappa shape index (κ1) is 13.1. The van der Waals surface area contributed by atoms with Crippen LogP contribution in [-0.2, 0) is 0 Å². The van der Waals surface area contributed by atoms with Crippen LogP contribution in [-0.4, -0.2) is 23.9 Å². The van der Waals surface area contributed by atoms with E-state index in [9.17, 15) is 4.79 Å². The third kappa shape index (κ3) is 2.58. The summed E-state index contributed by atoms with van der Waals surface area (Å²) in [6.45, 7) is 12.6. The molecular formula is C17H17NO. The normalized spacial score (nSPS) is 15.2. The number of amides is 1. The maximum Gasteiger partial charge on any atom is 0.255 e. The summed E-state index contributed by atoms with van der Waals surface area (Å²) in [6, 6.07) is 7.60. The molecule has 0 saturated heterocycles. The molecule has 0 bridgehead atoms. The van der Waals surface area contributed by atoms with Crippen LogP contribution in [0.5, 0.6) is 0 Å². The van der Waals surface area contributed by atoms with Gasteiger partial charge in [-0.05, 0) is 22.8 Å². The predicted molar refractivity (Wildman–Crippen MR) is 79.9 cm³/mol. The van der Waals surface area contributed by atoms with Gasteiger partial charge in [0.1, 0.15) is 0 Å². The number of rotatable bonds is 4. The molecule has 0 aliphatic carbocycles. The van der Waals surface area contributed by atoms with Crippen molar-refractivity contribution >= 4 is 11.5 Å². The van der Waals surface area contributed by atoms with Gasteiger partial charge in [-0.1, -0.05) is 56.2 Å². The quantitative estimate of drug-likeness (QED) is 0.750. The van der Waals surface area contributed by atoms with E-state index in [1.807, 2.05) is 30.3 Å². The Kier molecular flexibility index (Phi) is 3.81. The lowest BCUT2D eigenvalue weighted by atomic mass is 9.95. The lowest BCUT2D eigenvalue weighted by molar-refractivity contribution is 0.0783. The number of hydrogen-bond donors (Lipinski definition) is 0. The van der Waals surface area contributed by atoms with E-state index in [1.54, 1.807) is 17.1 Å². The van der Waals surface area contributed by atoms with Gasteiger partial charge in [-0.15, -0.1) is 0 Å². The molecule has 19 heavy (non-hydrogen) atoms. The van der Waals surface area contributed by atoms with Crippen molar-refractivity contribution in [2.75, 3.05) is 13.1 Å². The van der Waals surface area contributed by atoms with E-state index < -0.39 is 0 Å². The standard InChI is InChI=1S/C17H17NO/c1-4-8-14(5-2)12-18-11-13(3)15-9-6-7-10-16(15)17(18)19/h4-10H,1-3,11-12H2. The molecule has 2 rings (SSSR count). The first-order valence-electron chi connectivity index (χ1n) is 6.18. The molecule has 0 N–H and O–H groups in total. The van der Waals surface area contributed by atoms with Crippen LogP contribution in [0.1, 0.15) is 15.9 Å². The fraction of sp³-hybridized carbons (Fsp3) is 0.118. The molecule has 1 amide bonds. The summed E-state index contributed by atoms with van der Waals surface area (Å²) in [6.07, 6.45) is 5.32. The Hall–Kier alpha value is -2.35. The zero-order valence-electron chi connectivity index (χ0n) is 10.9. The second kappa shape index (κ2) is 5.53. The van der Waals surface area contributed by atoms with Gasteiger partial charge in [0.2, 0.25) is 0 Å². The van der Waals surface area contributed by atoms with E-state index >= 15 is 0 Å². The van der Waals surface area contributed by atoms with Gasteiger partial charge < -0.3 is 4.90 Å². The molecule has 0 unspecified atom stereocenters. The Morgan fingerprint density at radius 2 is 1.95 bits per heavy atom. The molecule has 0 spiro atoms. The molecule has 0 radical (unpaired) electrons. The minimum absolute atomic E-state index is 0.0415. The van der Waals surface area contributed by atoms with Crippen molar-refractivity contribution in [3.63, 3.8) is 0 Å². The van der Waals surface area contributed by atoms with Gasteiger partial charge in [-0.3, -0.25) is 4.79 Å². The van der Waals surface area contributed by atoms with Crippen LogP contribution in [0.15, 0.2) is 67.8 Å². The molecule has 96 valence electrons. The molecule has 2 heteroatoms. The average Bonchev–Trinajstić information content (AvgIpc) is 2.44. The van der Waals surface area contributed by atoms with Crippen molar-refractivity contribution < 1.29 is 4.79 Å². The number of carbonyl (C=O) groups excluding carboxylic acids is 1. The highest BCUT2D eigenvalue weighted by Gasteiger charge is 2.25. The van der Waals surface area contributed by atoms with Gasteiger partial charge in [0.05, 0.1) is 0 Å². The second-order valence-corrected chi connectivity index (χ2v) is 4.49. The van der Waals surface area contributed by atoms with E-state index in [1.165, 1.54) is 0 Å². The zero-order chi connectivity index (χ0) is 13.8. The Bertz CT molecular complexity index is 581. The smallest absolute Gasteiger partial charge is 0.255 e. The first-order chi connectivity index (χ1) is 9.17. The number of allylic oxidation sites excluding steroid dienone is 2. The van der Waals surface area contributed by atoms with Crippen LogP contribution < -0.4 is 0 Å². The van der Waals surface area contributed by atoms with Gasteiger partial charge in [0.25, 0.3) is 5.91 Å². The third-order valence-electron chi connectivity index (χ3n) is 3.17. The monoisotopic (exact) mass is 251 g/mol. The number of nitrogens with zero attached hydrogens (tertiary/aromatic N) is 1. The Morgan fingerprint density at radius 3 is 2.58 bits per heavy atom. The van der Waals surface area contributed by atoms with E-state index in [-0.39, 0.29) is 5.91 Å². The lowest BCUT2D eigenvalue weighted by Gasteiger charge is -2.30. The predicted octanol–water partition coefficient (Wildman–Crippen LogP) is 3.45. The molecule has 0 fully saturated rings. The van der Waals surface area contributed by atoms with Crippen LogP contribution in [0, 0.1) is 0 Å². The molecule has 0 atom stereocenters. The van der Waals surface area contributed by atoms with Crippen molar-refractivity contribution in [1.29, 1.82) is 0 Å². The molecular weight excluding hydrogens is 234 g/mol. The van der Waals surface area contributed by atoms with Gasteiger partial charge in [-0.2, -0.15) is 0 Å². The summed E-state index contributed by atoms with van der Waals surface area (Å²) >= 11 is 0. The van der Waals surface area contributed by atoms with E-state index in [0.717, 1.165) is 22.3 Å². The zero-order valence-corrected chi connectivity index (χ0v) is 10.9. The minimum Gasteiger partial charge on any atom is -0.330 e. The summed E-state index contributed by atoms with van der Waals surface area (Å²) in [5.41, 5.74) is 3.62. The second-order valence-electron chi connectivity index (χ2n) is 4.49. The summed E-state index contributed by atoms with van der Waals surface area (Å²) in [7, 11) is 0. The molecule has 2 nitrogen and oxygen atoms in total. The molecule has 0 saturated carbocycles. The molecule has 1 aliphatic heterocycles. The average molecular weight is 251 g/mol. The van der Waals surface area contributed by atoms with Crippen LogP contribution in [0.4, 0.5) is 0 Å². The largest absolute Gasteiger partial charge is 0.330 e. The van der Waals surface area contributed by atoms with Crippen LogP contribution >= 0.6 is 0 Å². The van der Waals surface area contributed by atoms with Gasteiger partial charge in [0, 0.05) is 18.7 Å². The maximum atomic E-state index is 12.4. The Balaban J connectivity index is 2.30. The molecule has 1 aliphatic rings. The highest BCUT2D eigenvalue weighted by molar-refractivity contribution is 6.02. The topological polar surface area (TPSA) is 20.3 Å². The summed E-state index contributed by atoms with van der Waals surface area (Å²) < 4.78 is 0. The fourth-order valence-corrected chi connectivity index (χ4v) is 2.22. The van der Waals surface area contributed by atoms with Crippen molar-refractivity contribution in [3.05, 3.63) is 78.9 Å². The van der Waals surface area contributed by atoms with Gasteiger partial charge >= 0.3 is 0 Å².